The molecule has 0 saturated carbocycles. The van der Waals surface area contributed by atoms with E-state index in [1.165, 1.54) is 0 Å². The number of nitrogens with one attached hydrogen (secondary N) is 1. The summed E-state index contributed by atoms with van der Waals surface area (Å²) in [6.07, 6.45) is 2.26. The highest BCUT2D eigenvalue weighted by atomic mass is 16.5. The van der Waals surface area contributed by atoms with Crippen molar-refractivity contribution >= 4 is 16.7 Å². The normalized spacial score (nSPS) is 16.7. The summed E-state index contributed by atoms with van der Waals surface area (Å²) >= 11 is 0. The number of ether oxygens (including phenoxy) is 1. The summed E-state index contributed by atoms with van der Waals surface area (Å²) in [7, 11) is 0. The second-order valence-electron chi connectivity index (χ2n) is 7.03. The molecule has 4 nitrogen and oxygen atoms in total. The van der Waals surface area contributed by atoms with Gasteiger partial charge in [-0.1, -0.05) is 63.1 Å². The van der Waals surface area contributed by atoms with Gasteiger partial charge in [0.05, 0.1) is 13.2 Å². The van der Waals surface area contributed by atoms with E-state index in [2.05, 4.69) is 24.1 Å². The zero-order valence-electron chi connectivity index (χ0n) is 15.9. The van der Waals surface area contributed by atoms with Crippen LogP contribution in [-0.4, -0.2) is 49.7 Å². The van der Waals surface area contributed by atoms with Crippen LogP contribution in [0.4, 0.5) is 0 Å². The van der Waals surface area contributed by atoms with Gasteiger partial charge in [-0.3, -0.25) is 9.69 Å². The van der Waals surface area contributed by atoms with E-state index in [0.717, 1.165) is 55.5 Å². The van der Waals surface area contributed by atoms with Gasteiger partial charge in [0, 0.05) is 31.2 Å². The third-order valence-electron chi connectivity index (χ3n) is 5.61. The molecule has 26 heavy (non-hydrogen) atoms. The Kier molecular flexibility index (Phi) is 6.64. The lowest BCUT2D eigenvalue weighted by atomic mass is 9.92. The van der Waals surface area contributed by atoms with E-state index >= 15 is 0 Å². The van der Waals surface area contributed by atoms with E-state index < -0.39 is 0 Å². The monoisotopic (exact) mass is 354 g/mol. The van der Waals surface area contributed by atoms with Gasteiger partial charge < -0.3 is 10.1 Å². The number of fused-ring (bicyclic) bond motifs is 1. The molecule has 3 rings (SSSR count). The molecule has 0 radical (unpaired) electrons. The SMILES string of the molecule is CCC(CC)C(CNC(=O)c1cccc2ccccc12)N1CCOCC1. The largest absolute Gasteiger partial charge is 0.379 e. The molecule has 1 N–H and O–H groups in total. The quantitative estimate of drug-likeness (QED) is 0.824. The van der Waals surface area contributed by atoms with Gasteiger partial charge in [-0.05, 0) is 22.8 Å². The van der Waals surface area contributed by atoms with Crippen molar-refractivity contribution in [3.63, 3.8) is 0 Å². The third kappa shape index (κ3) is 4.25. The molecular weight excluding hydrogens is 324 g/mol. The first-order chi connectivity index (χ1) is 12.7. The molecule has 1 atom stereocenters. The molecular formula is C22H30N2O2. The fourth-order valence-electron chi connectivity index (χ4n) is 4.05. The van der Waals surface area contributed by atoms with Gasteiger partial charge in [-0.25, -0.2) is 0 Å². The van der Waals surface area contributed by atoms with Gasteiger partial charge >= 0.3 is 0 Å². The molecule has 1 saturated heterocycles. The molecule has 1 aliphatic rings. The second-order valence-corrected chi connectivity index (χ2v) is 7.03. The first-order valence-electron chi connectivity index (χ1n) is 9.82. The van der Waals surface area contributed by atoms with E-state index in [4.69, 9.17) is 4.74 Å². The van der Waals surface area contributed by atoms with E-state index in [9.17, 15) is 4.79 Å². The molecule has 0 bridgehead atoms. The number of amides is 1. The van der Waals surface area contributed by atoms with Crippen LogP contribution in [0.15, 0.2) is 42.5 Å². The van der Waals surface area contributed by atoms with Gasteiger partial charge in [0.2, 0.25) is 0 Å². The van der Waals surface area contributed by atoms with Gasteiger partial charge in [0.1, 0.15) is 0 Å². The fourth-order valence-corrected chi connectivity index (χ4v) is 4.05. The summed E-state index contributed by atoms with van der Waals surface area (Å²) in [4.78, 5) is 15.4. The predicted octanol–water partition coefficient (Wildman–Crippen LogP) is 3.71. The van der Waals surface area contributed by atoms with E-state index in [1.54, 1.807) is 0 Å². The molecule has 0 aromatic heterocycles. The molecule has 0 aliphatic carbocycles. The zero-order valence-corrected chi connectivity index (χ0v) is 15.9. The van der Waals surface area contributed by atoms with Crippen molar-refractivity contribution < 1.29 is 9.53 Å². The van der Waals surface area contributed by atoms with Gasteiger partial charge in [0.25, 0.3) is 5.91 Å². The molecule has 2 aromatic rings. The van der Waals surface area contributed by atoms with Crippen molar-refractivity contribution in [2.24, 2.45) is 5.92 Å². The highest BCUT2D eigenvalue weighted by Gasteiger charge is 2.27. The smallest absolute Gasteiger partial charge is 0.251 e. The summed E-state index contributed by atoms with van der Waals surface area (Å²) in [6, 6.07) is 14.3. The molecule has 140 valence electrons. The Morgan fingerprint density at radius 2 is 1.77 bits per heavy atom. The molecule has 1 aliphatic heterocycles. The highest BCUT2D eigenvalue weighted by Crippen LogP contribution is 2.21. The number of hydrogen-bond acceptors (Lipinski definition) is 3. The maximum atomic E-state index is 12.9. The summed E-state index contributed by atoms with van der Waals surface area (Å²) in [5.41, 5.74) is 0.758. The third-order valence-corrected chi connectivity index (χ3v) is 5.61. The maximum Gasteiger partial charge on any atom is 0.251 e. The highest BCUT2D eigenvalue weighted by molar-refractivity contribution is 6.07. The number of benzene rings is 2. The van der Waals surface area contributed by atoms with Crippen molar-refractivity contribution in [2.75, 3.05) is 32.8 Å². The summed E-state index contributed by atoms with van der Waals surface area (Å²) < 4.78 is 5.51. The minimum absolute atomic E-state index is 0.0195. The molecule has 0 spiro atoms. The Morgan fingerprint density at radius 1 is 1.08 bits per heavy atom. The predicted molar refractivity (Wildman–Crippen MR) is 107 cm³/mol. The van der Waals surface area contributed by atoms with Gasteiger partial charge in [-0.2, -0.15) is 0 Å². The maximum absolute atomic E-state index is 12.9. The first kappa shape index (κ1) is 18.9. The topological polar surface area (TPSA) is 41.6 Å². The van der Waals surface area contributed by atoms with Crippen molar-refractivity contribution in [1.82, 2.24) is 10.2 Å². The molecule has 1 amide bonds. The standard InChI is InChI=1S/C22H30N2O2/c1-3-17(4-2)21(24-12-14-26-15-13-24)16-23-22(25)20-11-7-9-18-8-5-6-10-19(18)20/h5-11,17,21H,3-4,12-16H2,1-2H3,(H,23,25). The average molecular weight is 354 g/mol. The van der Waals surface area contributed by atoms with Crippen LogP contribution in [0.3, 0.4) is 0 Å². The van der Waals surface area contributed by atoms with Crippen molar-refractivity contribution in [3.05, 3.63) is 48.0 Å². The number of morpholine rings is 1. The molecule has 2 aromatic carbocycles. The number of nitrogens with zero attached hydrogens (tertiary/aromatic N) is 1. The lowest BCUT2D eigenvalue weighted by Crippen LogP contribution is -2.52. The molecule has 1 heterocycles. The van der Waals surface area contributed by atoms with Gasteiger partial charge in [-0.15, -0.1) is 0 Å². The van der Waals surface area contributed by atoms with Crippen LogP contribution in [0.25, 0.3) is 10.8 Å². The van der Waals surface area contributed by atoms with Crippen molar-refractivity contribution in [1.29, 1.82) is 0 Å². The Labute approximate surface area is 156 Å². The van der Waals surface area contributed by atoms with Gasteiger partial charge in [0.15, 0.2) is 0 Å². The lowest BCUT2D eigenvalue weighted by Gasteiger charge is -2.38. The first-order valence-corrected chi connectivity index (χ1v) is 9.82. The Bertz CT molecular complexity index is 716. The van der Waals surface area contributed by atoms with Crippen molar-refractivity contribution in [3.8, 4) is 0 Å². The fraction of sp³-hybridized carbons (Fsp3) is 0.500. The molecule has 1 fully saturated rings. The van der Waals surface area contributed by atoms with Crippen LogP contribution >= 0.6 is 0 Å². The Morgan fingerprint density at radius 3 is 2.50 bits per heavy atom. The van der Waals surface area contributed by atoms with E-state index in [1.807, 2.05) is 42.5 Å². The number of hydrogen-bond donors (Lipinski definition) is 1. The average Bonchev–Trinajstić information content (AvgIpc) is 2.71. The minimum Gasteiger partial charge on any atom is -0.379 e. The van der Waals surface area contributed by atoms with Crippen LogP contribution in [0.1, 0.15) is 37.0 Å². The number of carbonyl (C=O) groups excluding carboxylic acids is 1. The van der Waals surface area contributed by atoms with E-state index in [0.29, 0.717) is 18.5 Å². The Balaban J connectivity index is 1.74. The summed E-state index contributed by atoms with van der Waals surface area (Å²) in [6.45, 7) is 8.65. The zero-order chi connectivity index (χ0) is 18.4. The minimum atomic E-state index is 0.0195. The Hall–Kier alpha value is -1.91. The summed E-state index contributed by atoms with van der Waals surface area (Å²) in [5.74, 6) is 0.604. The molecule has 4 heteroatoms. The van der Waals surface area contributed by atoms with Crippen LogP contribution in [0.5, 0.6) is 0 Å². The number of carbonyl (C=O) groups is 1. The van der Waals surface area contributed by atoms with Crippen molar-refractivity contribution in [2.45, 2.75) is 32.7 Å². The van der Waals surface area contributed by atoms with E-state index in [-0.39, 0.29) is 5.91 Å². The van der Waals surface area contributed by atoms with Crippen LogP contribution in [-0.2, 0) is 4.74 Å². The lowest BCUT2D eigenvalue weighted by molar-refractivity contribution is 0.00192. The van der Waals surface area contributed by atoms with Crippen LogP contribution in [0, 0.1) is 5.92 Å². The number of rotatable bonds is 7. The molecule has 1 unspecified atom stereocenters. The van der Waals surface area contributed by atoms with Crippen LogP contribution < -0.4 is 5.32 Å². The van der Waals surface area contributed by atoms with Crippen LogP contribution in [0.2, 0.25) is 0 Å². The summed E-state index contributed by atoms with van der Waals surface area (Å²) in [5, 5.41) is 5.33. The second kappa shape index (κ2) is 9.15.